The maximum atomic E-state index is 12.8. The topological polar surface area (TPSA) is 114 Å². The van der Waals surface area contributed by atoms with Gasteiger partial charge in [0.15, 0.2) is 34.5 Å². The van der Waals surface area contributed by atoms with Gasteiger partial charge in [0.25, 0.3) is 0 Å². The number of rotatable bonds is 17. The van der Waals surface area contributed by atoms with Crippen molar-refractivity contribution in [1.29, 1.82) is 0 Å². The molecule has 0 saturated heterocycles. The maximum absolute atomic E-state index is 12.8. The van der Waals surface area contributed by atoms with E-state index in [0.717, 1.165) is 33.6 Å². The van der Waals surface area contributed by atoms with Crippen molar-refractivity contribution in [3.05, 3.63) is 101 Å². The number of hydrogen-bond donors (Lipinski definition) is 2. The second kappa shape index (κ2) is 17.5. The molecule has 10 nitrogen and oxygen atoms in total. The highest BCUT2D eigenvalue weighted by Crippen LogP contribution is 2.37. The van der Waals surface area contributed by atoms with E-state index in [1.807, 2.05) is 49.4 Å². The first-order valence-corrected chi connectivity index (χ1v) is 15.7. The van der Waals surface area contributed by atoms with Crippen LogP contribution in [0.2, 0.25) is 0 Å². The van der Waals surface area contributed by atoms with Gasteiger partial charge >= 0.3 is 0 Å². The van der Waals surface area contributed by atoms with E-state index in [4.69, 9.17) is 28.4 Å². The van der Waals surface area contributed by atoms with E-state index in [9.17, 15) is 9.59 Å². The number of carbonyl (C=O) groups is 2. The first-order chi connectivity index (χ1) is 23.3. The summed E-state index contributed by atoms with van der Waals surface area (Å²) in [4.78, 5) is 25.4. The molecule has 2 N–H and O–H groups in total. The van der Waals surface area contributed by atoms with Crippen LogP contribution in [-0.2, 0) is 35.3 Å². The summed E-state index contributed by atoms with van der Waals surface area (Å²) in [5, 5.41) is 5.96. The molecule has 4 rings (SSSR count). The van der Waals surface area contributed by atoms with Gasteiger partial charge in [-0.1, -0.05) is 30.3 Å². The second-order valence-corrected chi connectivity index (χ2v) is 11.1. The van der Waals surface area contributed by atoms with Gasteiger partial charge in [0.05, 0.1) is 48.4 Å². The van der Waals surface area contributed by atoms with Gasteiger partial charge in [-0.05, 0) is 90.0 Å². The van der Waals surface area contributed by atoms with Gasteiger partial charge in [0, 0.05) is 13.1 Å². The summed E-state index contributed by atoms with van der Waals surface area (Å²) in [6.45, 7) is 2.99. The molecule has 0 bridgehead atoms. The summed E-state index contributed by atoms with van der Waals surface area (Å²) in [5.41, 5.74) is 4.74. The van der Waals surface area contributed by atoms with Crippen molar-refractivity contribution < 1.29 is 38.0 Å². The fraction of sp³-hybridized carbons (Fsp3) is 0.316. The number of carbonyl (C=O) groups excluding carboxylic acids is 2. The molecule has 4 aromatic rings. The lowest BCUT2D eigenvalue weighted by Crippen LogP contribution is -2.27. The molecule has 0 saturated carbocycles. The minimum Gasteiger partial charge on any atom is -0.496 e. The summed E-state index contributed by atoms with van der Waals surface area (Å²) in [6.07, 6.45) is 1.71. The first-order valence-electron chi connectivity index (χ1n) is 15.7. The van der Waals surface area contributed by atoms with Crippen LogP contribution in [0.3, 0.4) is 0 Å². The Bertz CT molecular complexity index is 1700. The van der Waals surface area contributed by atoms with Crippen molar-refractivity contribution in [1.82, 2.24) is 10.6 Å². The minimum absolute atomic E-state index is 0.0904. The number of hydrogen-bond acceptors (Lipinski definition) is 8. The lowest BCUT2D eigenvalue weighted by molar-refractivity contribution is -0.121. The molecule has 48 heavy (non-hydrogen) atoms. The lowest BCUT2D eigenvalue weighted by Gasteiger charge is -2.15. The molecule has 254 valence electrons. The molecule has 0 aromatic heterocycles. The highest BCUT2D eigenvalue weighted by Gasteiger charge is 2.15. The van der Waals surface area contributed by atoms with Gasteiger partial charge in [0.1, 0.15) is 5.75 Å². The molecule has 10 heteroatoms. The lowest BCUT2D eigenvalue weighted by atomic mass is 10.1. The summed E-state index contributed by atoms with van der Waals surface area (Å²) < 4.78 is 33.3. The van der Waals surface area contributed by atoms with Crippen LogP contribution >= 0.6 is 0 Å². The molecule has 0 aliphatic heterocycles. The van der Waals surface area contributed by atoms with Gasteiger partial charge < -0.3 is 39.1 Å². The fourth-order valence-corrected chi connectivity index (χ4v) is 5.26. The Morgan fingerprint density at radius 2 is 0.875 bits per heavy atom. The van der Waals surface area contributed by atoms with Crippen molar-refractivity contribution in [2.45, 2.75) is 32.6 Å². The monoisotopic (exact) mass is 656 g/mol. The first kappa shape index (κ1) is 35.5. The van der Waals surface area contributed by atoms with Gasteiger partial charge in [-0.2, -0.15) is 0 Å². The number of benzene rings is 4. The average molecular weight is 657 g/mol. The van der Waals surface area contributed by atoms with Crippen LogP contribution in [0.15, 0.2) is 72.8 Å². The van der Waals surface area contributed by atoms with Crippen LogP contribution in [-0.4, -0.2) is 60.5 Å². The summed E-state index contributed by atoms with van der Waals surface area (Å²) in [7, 11) is 7.94. The second-order valence-electron chi connectivity index (χ2n) is 11.1. The smallest absolute Gasteiger partial charge is 0.224 e. The number of aryl methyl sites for hydroxylation is 1. The maximum Gasteiger partial charge on any atom is 0.224 e. The average Bonchev–Trinajstić information content (AvgIpc) is 3.09. The van der Waals surface area contributed by atoms with Gasteiger partial charge in [0.2, 0.25) is 11.8 Å². The fourth-order valence-electron chi connectivity index (χ4n) is 5.26. The predicted molar refractivity (Wildman–Crippen MR) is 184 cm³/mol. The summed E-state index contributed by atoms with van der Waals surface area (Å²) >= 11 is 0. The van der Waals surface area contributed by atoms with Gasteiger partial charge in [-0.15, -0.1) is 0 Å². The van der Waals surface area contributed by atoms with Crippen molar-refractivity contribution >= 4 is 11.8 Å². The van der Waals surface area contributed by atoms with E-state index < -0.39 is 0 Å². The Balaban J connectivity index is 1.32. The molecule has 2 amide bonds. The van der Waals surface area contributed by atoms with E-state index in [1.54, 1.807) is 59.8 Å². The number of methoxy groups -OCH3 is 5. The zero-order chi connectivity index (χ0) is 34.5. The van der Waals surface area contributed by atoms with Crippen LogP contribution in [0.4, 0.5) is 0 Å². The van der Waals surface area contributed by atoms with Gasteiger partial charge in [-0.25, -0.2) is 0 Å². The zero-order valence-electron chi connectivity index (χ0n) is 28.4. The van der Waals surface area contributed by atoms with Crippen LogP contribution in [0.5, 0.6) is 40.2 Å². The van der Waals surface area contributed by atoms with Gasteiger partial charge in [-0.3, -0.25) is 9.59 Å². The highest BCUT2D eigenvalue weighted by atomic mass is 16.5. The molecular weight excluding hydrogens is 612 g/mol. The van der Waals surface area contributed by atoms with Crippen molar-refractivity contribution in [2.75, 3.05) is 48.6 Å². The predicted octanol–water partition coefficient (Wildman–Crippen LogP) is 5.63. The molecule has 0 aliphatic rings. The van der Waals surface area contributed by atoms with Crippen molar-refractivity contribution in [3.8, 4) is 40.2 Å². The molecule has 4 aromatic carbocycles. The number of amides is 2. The Kier molecular flexibility index (Phi) is 12.9. The third-order valence-corrected chi connectivity index (χ3v) is 7.78. The SMILES string of the molecule is COc1ccc(CCNC(=O)Cc2ccc(Oc3cc(CC(=O)NCCc4ccc(OC)c(OC)c4)ccc3OC)c(OC)c2)cc1C. The Morgan fingerprint density at radius 3 is 1.40 bits per heavy atom. The molecule has 0 heterocycles. The standard InChI is InChI=1S/C38H44N2O8/c1-25-19-26(7-11-30(25)43-2)15-17-39-37(41)23-28-10-14-33(35(21-28)47-6)48-36-22-29(9-13-32(36)45-4)24-38(42)40-18-16-27-8-12-31(44-3)34(20-27)46-5/h7-14,19-22H,15-18,23-24H2,1-6H3,(H,39,41)(H,40,42). The normalized spacial score (nSPS) is 10.5. The largest absolute Gasteiger partial charge is 0.496 e. The number of ether oxygens (including phenoxy) is 6. The Hall–Kier alpha value is -5.38. The van der Waals surface area contributed by atoms with Crippen LogP contribution < -0.4 is 39.1 Å². The quantitative estimate of drug-likeness (QED) is 0.150. The summed E-state index contributed by atoms with van der Waals surface area (Å²) in [5.74, 6) is 3.80. The van der Waals surface area contributed by atoms with E-state index in [2.05, 4.69) is 16.7 Å². The molecule has 0 aliphatic carbocycles. The van der Waals surface area contributed by atoms with E-state index in [1.165, 1.54) is 0 Å². The third-order valence-electron chi connectivity index (χ3n) is 7.78. The van der Waals surface area contributed by atoms with Crippen molar-refractivity contribution in [2.24, 2.45) is 0 Å². The van der Waals surface area contributed by atoms with Crippen LogP contribution in [0.1, 0.15) is 27.8 Å². The van der Waals surface area contributed by atoms with Crippen LogP contribution in [0.25, 0.3) is 0 Å². The summed E-state index contributed by atoms with van der Waals surface area (Å²) in [6, 6.07) is 22.4. The van der Waals surface area contributed by atoms with E-state index in [0.29, 0.717) is 60.4 Å². The van der Waals surface area contributed by atoms with Crippen molar-refractivity contribution in [3.63, 3.8) is 0 Å². The molecule has 0 unspecified atom stereocenters. The molecule has 0 fully saturated rings. The molecule has 0 atom stereocenters. The Labute approximate surface area is 282 Å². The number of nitrogens with one attached hydrogen (secondary N) is 2. The molecule has 0 spiro atoms. The zero-order valence-corrected chi connectivity index (χ0v) is 28.4. The third kappa shape index (κ3) is 9.81. The van der Waals surface area contributed by atoms with Crippen LogP contribution in [0, 0.1) is 6.92 Å². The van der Waals surface area contributed by atoms with E-state index in [-0.39, 0.29) is 24.7 Å². The van der Waals surface area contributed by atoms with E-state index >= 15 is 0 Å². The minimum atomic E-state index is -0.120. The Morgan fingerprint density at radius 1 is 0.479 bits per heavy atom. The molecular formula is C38H44N2O8. The highest BCUT2D eigenvalue weighted by molar-refractivity contribution is 5.79. The molecule has 0 radical (unpaired) electrons.